The average Bonchev–Trinajstić information content (AvgIpc) is 3.47. The minimum absolute atomic E-state index is 0.00142. The van der Waals surface area contributed by atoms with Crippen LogP contribution in [0.15, 0.2) is 41.6 Å². The highest BCUT2D eigenvalue weighted by atomic mass is 32.2. The quantitative estimate of drug-likeness (QED) is 0.420. The third-order valence-corrected chi connectivity index (χ3v) is 12.7. The predicted octanol–water partition coefficient (Wildman–Crippen LogP) is 4.04. The fourth-order valence-electron chi connectivity index (χ4n) is 6.82. The van der Waals surface area contributed by atoms with Crippen molar-refractivity contribution in [2.24, 2.45) is 0 Å². The summed E-state index contributed by atoms with van der Waals surface area (Å²) in [7, 11) is -5.58. The summed E-state index contributed by atoms with van der Waals surface area (Å²) in [5.41, 5.74) is 1.32. The van der Waals surface area contributed by atoms with Crippen LogP contribution in [0.5, 0.6) is 11.5 Å². The molecule has 2 aromatic rings. The van der Waals surface area contributed by atoms with Gasteiger partial charge >= 0.3 is 0 Å². The van der Waals surface area contributed by atoms with Crippen molar-refractivity contribution >= 4 is 20.0 Å². The van der Waals surface area contributed by atoms with Crippen LogP contribution in [0.25, 0.3) is 0 Å². The second kappa shape index (κ2) is 11.3. The lowest BCUT2D eigenvalue weighted by molar-refractivity contribution is 0.0956. The Hall–Kier alpha value is -2.21. The third kappa shape index (κ3) is 5.82. The first-order chi connectivity index (χ1) is 18.6. The number of nitrogens with zero attached hydrogens (tertiary/aromatic N) is 3. The molecule has 214 valence electrons. The van der Waals surface area contributed by atoms with Gasteiger partial charge in [0, 0.05) is 49.9 Å². The molecule has 2 bridgehead atoms. The van der Waals surface area contributed by atoms with Crippen molar-refractivity contribution in [2.45, 2.75) is 94.3 Å². The van der Waals surface area contributed by atoms with E-state index in [1.165, 1.54) is 0 Å². The second-order valence-corrected chi connectivity index (χ2v) is 14.9. The maximum Gasteiger partial charge on any atom is 0.243 e. The summed E-state index contributed by atoms with van der Waals surface area (Å²) < 4.78 is 69.1. The Bertz CT molecular complexity index is 1350. The highest BCUT2D eigenvalue weighted by Crippen LogP contribution is 2.40. The van der Waals surface area contributed by atoms with Gasteiger partial charge in [-0.05, 0) is 87.8 Å². The van der Waals surface area contributed by atoms with Gasteiger partial charge in [0.05, 0.1) is 17.8 Å². The van der Waals surface area contributed by atoms with Crippen LogP contribution in [0.2, 0.25) is 0 Å². The molecule has 2 unspecified atom stereocenters. The van der Waals surface area contributed by atoms with E-state index < -0.39 is 20.0 Å². The molecule has 5 rings (SSSR count). The van der Waals surface area contributed by atoms with Crippen LogP contribution >= 0.6 is 0 Å². The van der Waals surface area contributed by atoms with E-state index in [4.69, 9.17) is 9.47 Å². The van der Waals surface area contributed by atoms with Gasteiger partial charge in [0.15, 0.2) is 0 Å². The number of rotatable bonds is 10. The Morgan fingerprint density at radius 2 is 1.59 bits per heavy atom. The van der Waals surface area contributed by atoms with E-state index in [1.807, 2.05) is 12.1 Å². The third-order valence-electron chi connectivity index (χ3n) is 8.40. The van der Waals surface area contributed by atoms with Crippen molar-refractivity contribution in [3.05, 3.63) is 47.8 Å². The molecule has 4 heterocycles. The van der Waals surface area contributed by atoms with Gasteiger partial charge in [-0.25, -0.2) is 16.8 Å². The predicted molar refractivity (Wildman–Crippen MR) is 149 cm³/mol. The van der Waals surface area contributed by atoms with Crippen molar-refractivity contribution in [1.29, 1.82) is 0 Å². The molecule has 0 amide bonds. The monoisotopic (exact) mass is 577 g/mol. The average molecular weight is 578 g/mol. The number of aryl methyl sites for hydroxylation is 2. The molecule has 0 N–H and O–H groups in total. The maximum absolute atomic E-state index is 13.7. The summed E-state index contributed by atoms with van der Waals surface area (Å²) in [6, 6.07) is 6.88. The number of methoxy groups -OCH3 is 1. The van der Waals surface area contributed by atoms with Gasteiger partial charge < -0.3 is 9.47 Å². The van der Waals surface area contributed by atoms with Crippen LogP contribution in [-0.2, 0) is 20.0 Å². The summed E-state index contributed by atoms with van der Waals surface area (Å²) in [6.45, 7) is 4.04. The van der Waals surface area contributed by atoms with Gasteiger partial charge in [0.2, 0.25) is 20.0 Å². The van der Waals surface area contributed by atoms with Crippen LogP contribution in [0, 0.1) is 13.8 Å². The minimum Gasteiger partial charge on any atom is -0.497 e. The number of sulfonamides is 2. The van der Waals surface area contributed by atoms with E-state index in [-0.39, 0.29) is 30.0 Å². The first kappa shape index (κ1) is 28.3. The Balaban J connectivity index is 1.20. The van der Waals surface area contributed by atoms with Gasteiger partial charge in [-0.3, -0.25) is 4.98 Å². The number of benzene rings is 1. The number of hydrogen-bond donors (Lipinski definition) is 0. The number of piperidine rings is 1. The van der Waals surface area contributed by atoms with Crippen LogP contribution in [0.3, 0.4) is 0 Å². The number of aromatic nitrogens is 1. The molecule has 11 heteroatoms. The Morgan fingerprint density at radius 1 is 0.949 bits per heavy atom. The maximum atomic E-state index is 13.7. The number of pyridine rings is 1. The molecule has 0 spiro atoms. The lowest BCUT2D eigenvalue weighted by atomic mass is 10.0. The molecule has 39 heavy (non-hydrogen) atoms. The lowest BCUT2D eigenvalue weighted by Gasteiger charge is -2.38. The summed E-state index contributed by atoms with van der Waals surface area (Å²) >= 11 is 0. The van der Waals surface area contributed by atoms with Crippen LogP contribution in [0.1, 0.15) is 62.5 Å². The topological polar surface area (TPSA) is 106 Å². The molecule has 3 saturated heterocycles. The van der Waals surface area contributed by atoms with Gasteiger partial charge in [0.1, 0.15) is 17.6 Å². The Labute approximate surface area is 232 Å². The molecule has 0 radical (unpaired) electrons. The molecule has 0 saturated carbocycles. The molecule has 0 aliphatic carbocycles. The fourth-order valence-corrected chi connectivity index (χ4v) is 11.0. The lowest BCUT2D eigenvalue weighted by Crippen LogP contribution is -2.50. The molecule has 1 aromatic carbocycles. The molecule has 1 aromatic heterocycles. The minimum atomic E-state index is -3.70. The molecule has 9 nitrogen and oxygen atoms in total. The van der Waals surface area contributed by atoms with E-state index in [2.05, 4.69) is 4.98 Å². The summed E-state index contributed by atoms with van der Waals surface area (Å²) in [4.78, 5) is 4.35. The van der Waals surface area contributed by atoms with E-state index in [9.17, 15) is 16.8 Å². The van der Waals surface area contributed by atoms with Crippen molar-refractivity contribution < 1.29 is 26.3 Å². The van der Waals surface area contributed by atoms with Crippen molar-refractivity contribution in [3.8, 4) is 11.5 Å². The Kier molecular flexibility index (Phi) is 8.24. The molecule has 3 aliphatic heterocycles. The van der Waals surface area contributed by atoms with Gasteiger partial charge in [-0.2, -0.15) is 8.61 Å². The zero-order chi connectivity index (χ0) is 27.8. The van der Waals surface area contributed by atoms with E-state index in [0.717, 1.165) is 31.4 Å². The first-order valence-corrected chi connectivity index (χ1v) is 16.9. The smallest absolute Gasteiger partial charge is 0.243 e. The number of fused-ring (bicyclic) bond motifs is 2. The molecular formula is C28H39N3O6S2. The summed E-state index contributed by atoms with van der Waals surface area (Å²) in [5.74, 6) is 1.44. The fraction of sp³-hybridized carbons (Fsp3) is 0.607. The van der Waals surface area contributed by atoms with E-state index in [0.29, 0.717) is 54.0 Å². The van der Waals surface area contributed by atoms with Crippen LogP contribution in [-0.4, -0.2) is 74.1 Å². The zero-order valence-electron chi connectivity index (χ0n) is 23.0. The largest absolute Gasteiger partial charge is 0.497 e. The first-order valence-electron chi connectivity index (χ1n) is 13.8. The standard InChI is InChI=1S/C28H39N3O6S2/c1-20-16-26(36-3)17-21(2)28(20)39(34,35)30-14-4-6-22(30)7-5-15-38(32,33)31-23-8-9-24(31)19-27(18-23)37-25-10-12-29-13-11-25/h10-13,16-17,22-24,27H,4-9,14-15,18-19H2,1-3H3/t22?,23-,24+,27?. The van der Waals surface area contributed by atoms with Gasteiger partial charge in [-0.1, -0.05) is 0 Å². The number of ether oxygens (including phenoxy) is 2. The van der Waals surface area contributed by atoms with Crippen LogP contribution < -0.4 is 9.47 Å². The highest BCUT2D eigenvalue weighted by Gasteiger charge is 2.47. The highest BCUT2D eigenvalue weighted by molar-refractivity contribution is 7.89. The normalized spacial score (nSPS) is 26.1. The van der Waals surface area contributed by atoms with Crippen molar-refractivity contribution in [3.63, 3.8) is 0 Å². The van der Waals surface area contributed by atoms with Crippen LogP contribution in [0.4, 0.5) is 0 Å². The molecule has 3 fully saturated rings. The Morgan fingerprint density at radius 3 is 2.21 bits per heavy atom. The summed E-state index contributed by atoms with van der Waals surface area (Å²) in [6.07, 6.45) is 8.97. The van der Waals surface area contributed by atoms with E-state index >= 15 is 0 Å². The van der Waals surface area contributed by atoms with Gasteiger partial charge in [-0.15, -0.1) is 0 Å². The second-order valence-electron chi connectivity index (χ2n) is 11.1. The number of hydrogen-bond acceptors (Lipinski definition) is 7. The molecule has 4 atom stereocenters. The zero-order valence-corrected chi connectivity index (χ0v) is 24.6. The molecular weight excluding hydrogens is 538 g/mol. The van der Waals surface area contributed by atoms with E-state index in [1.54, 1.807) is 54.1 Å². The molecule has 3 aliphatic rings. The summed E-state index contributed by atoms with van der Waals surface area (Å²) in [5, 5.41) is 0. The van der Waals surface area contributed by atoms with Crippen molar-refractivity contribution in [2.75, 3.05) is 19.4 Å². The SMILES string of the molecule is COc1cc(C)c(S(=O)(=O)N2CCCC2CCCS(=O)(=O)N2[C@@H]3CC[C@H]2CC(Oc2ccncc2)C3)c(C)c1. The van der Waals surface area contributed by atoms with Gasteiger partial charge in [0.25, 0.3) is 0 Å². The van der Waals surface area contributed by atoms with Crippen molar-refractivity contribution in [1.82, 2.24) is 13.6 Å².